The van der Waals surface area contributed by atoms with Crippen LogP contribution >= 0.6 is 0 Å². The lowest BCUT2D eigenvalue weighted by molar-refractivity contribution is 0.294. The van der Waals surface area contributed by atoms with E-state index >= 15 is 0 Å². The third kappa shape index (κ3) is 2.88. The molecule has 0 bridgehead atoms. The first-order valence-corrected chi connectivity index (χ1v) is 9.78. The summed E-state index contributed by atoms with van der Waals surface area (Å²) in [5.41, 5.74) is 7.69. The molecule has 1 aliphatic heterocycles. The molecule has 0 fully saturated rings. The standard InChI is InChI=1S/C25H23N3/c1-17-21(25-8-5-13-26-27-25)11-12-22-23(17)15-28(2)16-24(22)20-10-9-18-6-3-4-7-19(18)14-20/h3-14,24H,15-16H2,1-2H3. The SMILES string of the molecule is Cc1c(-c2cccnn2)ccc2c1CN(C)CC2c1ccc2ccccc2c1. The molecule has 28 heavy (non-hydrogen) atoms. The number of nitrogens with zero attached hydrogens (tertiary/aromatic N) is 3. The van der Waals surface area contributed by atoms with Crippen LogP contribution in [0.3, 0.4) is 0 Å². The highest BCUT2D eigenvalue weighted by Crippen LogP contribution is 2.38. The van der Waals surface area contributed by atoms with Gasteiger partial charge >= 0.3 is 0 Å². The molecule has 5 rings (SSSR count). The van der Waals surface area contributed by atoms with Gasteiger partial charge in [-0.3, -0.25) is 0 Å². The molecule has 3 heteroatoms. The molecule has 0 N–H and O–H groups in total. The van der Waals surface area contributed by atoms with E-state index in [1.165, 1.54) is 38.6 Å². The lowest BCUT2D eigenvalue weighted by Crippen LogP contribution is -2.31. The Morgan fingerprint density at radius 1 is 0.929 bits per heavy atom. The summed E-state index contributed by atoms with van der Waals surface area (Å²) in [7, 11) is 2.21. The van der Waals surface area contributed by atoms with Gasteiger partial charge in [0.25, 0.3) is 0 Å². The Morgan fingerprint density at radius 2 is 1.79 bits per heavy atom. The molecule has 1 aliphatic rings. The van der Waals surface area contributed by atoms with Crippen molar-refractivity contribution >= 4 is 10.8 Å². The first-order chi connectivity index (χ1) is 13.7. The molecule has 3 nitrogen and oxygen atoms in total. The van der Waals surface area contributed by atoms with Crippen molar-refractivity contribution in [2.24, 2.45) is 0 Å². The van der Waals surface area contributed by atoms with Crippen molar-refractivity contribution in [3.8, 4) is 11.3 Å². The van der Waals surface area contributed by atoms with Gasteiger partial charge in [0.1, 0.15) is 0 Å². The van der Waals surface area contributed by atoms with E-state index in [-0.39, 0.29) is 0 Å². The fourth-order valence-corrected chi connectivity index (χ4v) is 4.49. The average Bonchev–Trinajstić information content (AvgIpc) is 2.74. The fraction of sp³-hybridized carbons (Fsp3) is 0.200. The van der Waals surface area contributed by atoms with Crippen LogP contribution in [0.4, 0.5) is 0 Å². The third-order valence-electron chi connectivity index (χ3n) is 5.96. The van der Waals surface area contributed by atoms with Gasteiger partial charge in [0.05, 0.1) is 5.69 Å². The highest BCUT2D eigenvalue weighted by atomic mass is 15.1. The first-order valence-electron chi connectivity index (χ1n) is 9.78. The molecular formula is C25H23N3. The minimum atomic E-state index is 0.382. The summed E-state index contributed by atoms with van der Waals surface area (Å²) in [6, 6.07) is 24.0. The lowest BCUT2D eigenvalue weighted by atomic mass is 9.81. The molecule has 0 saturated heterocycles. The Balaban J connectivity index is 1.63. The predicted octanol–water partition coefficient (Wildman–Crippen LogP) is 5.18. The van der Waals surface area contributed by atoms with Crippen LogP contribution in [0.2, 0.25) is 0 Å². The van der Waals surface area contributed by atoms with E-state index in [1.807, 2.05) is 12.1 Å². The van der Waals surface area contributed by atoms with Gasteiger partial charge in [-0.15, -0.1) is 0 Å². The van der Waals surface area contributed by atoms with Crippen LogP contribution in [0.15, 0.2) is 72.9 Å². The van der Waals surface area contributed by atoms with Crippen LogP contribution in [0.1, 0.15) is 28.2 Å². The van der Waals surface area contributed by atoms with Gasteiger partial charge in [0, 0.05) is 30.8 Å². The molecule has 2 heterocycles. The minimum Gasteiger partial charge on any atom is -0.301 e. The highest BCUT2D eigenvalue weighted by Gasteiger charge is 2.27. The molecule has 0 amide bonds. The highest BCUT2D eigenvalue weighted by molar-refractivity contribution is 5.83. The van der Waals surface area contributed by atoms with Crippen LogP contribution in [0.5, 0.6) is 0 Å². The maximum absolute atomic E-state index is 4.33. The molecule has 0 radical (unpaired) electrons. The number of rotatable bonds is 2. The van der Waals surface area contributed by atoms with Crippen molar-refractivity contribution in [1.82, 2.24) is 15.1 Å². The fourth-order valence-electron chi connectivity index (χ4n) is 4.49. The summed E-state index contributed by atoms with van der Waals surface area (Å²) in [6.07, 6.45) is 1.72. The van der Waals surface area contributed by atoms with E-state index in [2.05, 4.69) is 83.7 Å². The molecule has 4 aromatic rings. The topological polar surface area (TPSA) is 29.0 Å². The van der Waals surface area contributed by atoms with Crippen molar-refractivity contribution in [3.05, 3.63) is 95.2 Å². The van der Waals surface area contributed by atoms with E-state index in [9.17, 15) is 0 Å². The number of hydrogen-bond donors (Lipinski definition) is 0. The second-order valence-electron chi connectivity index (χ2n) is 7.77. The summed E-state index contributed by atoms with van der Waals surface area (Å²) in [6.45, 7) is 4.23. The zero-order valence-corrected chi connectivity index (χ0v) is 16.3. The Labute approximate surface area is 165 Å². The van der Waals surface area contributed by atoms with E-state index in [0.29, 0.717) is 5.92 Å². The zero-order valence-electron chi connectivity index (χ0n) is 16.3. The van der Waals surface area contributed by atoms with Gasteiger partial charge in [0.15, 0.2) is 0 Å². The van der Waals surface area contributed by atoms with Crippen molar-refractivity contribution in [3.63, 3.8) is 0 Å². The molecule has 0 aliphatic carbocycles. The maximum Gasteiger partial charge on any atom is 0.0932 e. The average molecular weight is 365 g/mol. The van der Waals surface area contributed by atoms with E-state index < -0.39 is 0 Å². The van der Waals surface area contributed by atoms with Gasteiger partial charge in [-0.25, -0.2) is 0 Å². The van der Waals surface area contributed by atoms with Crippen LogP contribution in [0.25, 0.3) is 22.0 Å². The molecule has 3 aromatic carbocycles. The predicted molar refractivity (Wildman–Crippen MR) is 114 cm³/mol. The Kier molecular flexibility index (Phi) is 4.18. The molecule has 1 aromatic heterocycles. The Hall–Kier alpha value is -3.04. The third-order valence-corrected chi connectivity index (χ3v) is 5.96. The normalized spacial score (nSPS) is 16.9. The van der Waals surface area contributed by atoms with Crippen molar-refractivity contribution in [2.45, 2.75) is 19.4 Å². The summed E-state index contributed by atoms with van der Waals surface area (Å²) >= 11 is 0. The van der Waals surface area contributed by atoms with Gasteiger partial charge in [-0.1, -0.05) is 54.6 Å². The van der Waals surface area contributed by atoms with Gasteiger partial charge in [-0.05, 0) is 59.1 Å². The summed E-state index contributed by atoms with van der Waals surface area (Å²) in [4.78, 5) is 2.43. The number of likely N-dealkylation sites (N-methyl/N-ethyl adjacent to an activating group) is 1. The van der Waals surface area contributed by atoms with Gasteiger partial charge in [0.2, 0.25) is 0 Å². The van der Waals surface area contributed by atoms with Crippen LogP contribution in [-0.2, 0) is 6.54 Å². The van der Waals surface area contributed by atoms with Crippen molar-refractivity contribution < 1.29 is 0 Å². The largest absolute Gasteiger partial charge is 0.301 e. The summed E-state index contributed by atoms with van der Waals surface area (Å²) in [5, 5.41) is 11.0. The number of benzene rings is 3. The smallest absolute Gasteiger partial charge is 0.0932 e. The van der Waals surface area contributed by atoms with Crippen LogP contribution in [0, 0.1) is 6.92 Å². The van der Waals surface area contributed by atoms with E-state index in [1.54, 1.807) is 6.20 Å². The number of fused-ring (bicyclic) bond motifs is 2. The minimum absolute atomic E-state index is 0.382. The summed E-state index contributed by atoms with van der Waals surface area (Å²) < 4.78 is 0. The molecule has 1 unspecified atom stereocenters. The number of hydrogen-bond acceptors (Lipinski definition) is 3. The molecule has 0 spiro atoms. The Morgan fingerprint density at radius 3 is 2.61 bits per heavy atom. The Bertz CT molecular complexity index is 1150. The van der Waals surface area contributed by atoms with Crippen molar-refractivity contribution in [1.29, 1.82) is 0 Å². The van der Waals surface area contributed by atoms with E-state index in [4.69, 9.17) is 0 Å². The van der Waals surface area contributed by atoms with Gasteiger partial charge in [-0.2, -0.15) is 10.2 Å². The second kappa shape index (κ2) is 6.84. The van der Waals surface area contributed by atoms with Crippen molar-refractivity contribution in [2.75, 3.05) is 13.6 Å². The molecular weight excluding hydrogens is 342 g/mol. The molecule has 0 saturated carbocycles. The van der Waals surface area contributed by atoms with Crippen LogP contribution < -0.4 is 0 Å². The lowest BCUT2D eigenvalue weighted by Gasteiger charge is -2.34. The number of aromatic nitrogens is 2. The quantitative estimate of drug-likeness (QED) is 0.490. The summed E-state index contributed by atoms with van der Waals surface area (Å²) in [5.74, 6) is 0.382. The van der Waals surface area contributed by atoms with E-state index in [0.717, 1.165) is 18.8 Å². The molecule has 1 atom stereocenters. The van der Waals surface area contributed by atoms with Crippen LogP contribution in [-0.4, -0.2) is 28.7 Å². The zero-order chi connectivity index (χ0) is 19.1. The van der Waals surface area contributed by atoms with Gasteiger partial charge < -0.3 is 4.90 Å². The second-order valence-corrected chi connectivity index (χ2v) is 7.77. The monoisotopic (exact) mass is 365 g/mol. The molecule has 138 valence electrons. The first kappa shape index (κ1) is 17.1. The maximum atomic E-state index is 4.33.